The monoisotopic (exact) mass is 269 g/mol. The number of nitrogens with zero attached hydrogens (tertiary/aromatic N) is 2. The van der Waals surface area contributed by atoms with Gasteiger partial charge in [-0.2, -0.15) is 5.10 Å². The Morgan fingerprint density at radius 2 is 2.17 bits per heavy atom. The summed E-state index contributed by atoms with van der Waals surface area (Å²) >= 11 is 0. The highest BCUT2D eigenvalue weighted by atomic mass is 32.2. The first-order chi connectivity index (χ1) is 8.38. The predicted molar refractivity (Wildman–Crippen MR) is 65.3 cm³/mol. The second kappa shape index (κ2) is 4.41. The summed E-state index contributed by atoms with van der Waals surface area (Å²) in [5.41, 5.74) is 6.36. The predicted octanol–water partition coefficient (Wildman–Crippen LogP) is 1.06. The number of benzene rings is 1. The van der Waals surface area contributed by atoms with Gasteiger partial charge < -0.3 is 5.73 Å². The summed E-state index contributed by atoms with van der Waals surface area (Å²) in [7, 11) is -3.40. The van der Waals surface area contributed by atoms with Gasteiger partial charge in [-0.05, 0) is 17.7 Å². The first-order valence-electron chi connectivity index (χ1n) is 5.13. The van der Waals surface area contributed by atoms with Crippen LogP contribution >= 0.6 is 0 Å². The molecule has 0 aliphatic heterocycles. The molecule has 96 valence electrons. The van der Waals surface area contributed by atoms with E-state index in [0.29, 0.717) is 5.56 Å². The minimum absolute atomic E-state index is 0.0149. The highest BCUT2D eigenvalue weighted by molar-refractivity contribution is 7.90. The second-order valence-corrected chi connectivity index (χ2v) is 5.94. The second-order valence-electron chi connectivity index (χ2n) is 3.95. The van der Waals surface area contributed by atoms with Crippen molar-refractivity contribution in [1.29, 1.82) is 0 Å². The molecule has 0 atom stereocenters. The summed E-state index contributed by atoms with van der Waals surface area (Å²) < 4.78 is 37.1. The Balaban J connectivity index is 2.34. The van der Waals surface area contributed by atoms with E-state index in [1.54, 1.807) is 12.1 Å². The number of rotatable bonds is 3. The highest BCUT2D eigenvalue weighted by Crippen LogP contribution is 2.18. The molecule has 1 heterocycles. The third-order valence-corrected chi connectivity index (χ3v) is 3.58. The fraction of sp³-hybridized carbons (Fsp3) is 0.182. The molecule has 0 aliphatic carbocycles. The van der Waals surface area contributed by atoms with Gasteiger partial charge in [-0.3, -0.25) is 0 Å². The Morgan fingerprint density at radius 1 is 1.44 bits per heavy atom. The summed E-state index contributed by atoms with van der Waals surface area (Å²) in [5.74, 6) is -0.302. The Hall–Kier alpha value is -1.89. The van der Waals surface area contributed by atoms with Crippen LogP contribution in [0.4, 0.5) is 10.2 Å². The van der Waals surface area contributed by atoms with Gasteiger partial charge in [-0.25, -0.2) is 17.5 Å². The highest BCUT2D eigenvalue weighted by Gasteiger charge is 2.16. The molecule has 0 unspecified atom stereocenters. The van der Waals surface area contributed by atoms with Crippen LogP contribution in [0.5, 0.6) is 0 Å². The third kappa shape index (κ3) is 2.51. The largest absolute Gasteiger partial charge is 0.383 e. The van der Waals surface area contributed by atoms with Crippen LogP contribution in [0.1, 0.15) is 5.56 Å². The Bertz CT molecular complexity index is 679. The molecule has 5 nitrogen and oxygen atoms in total. The SMILES string of the molecule is CS(=O)(=O)c1cnn(Cc2cccc(F)c2)c1N. The van der Waals surface area contributed by atoms with Crippen molar-refractivity contribution in [2.45, 2.75) is 11.4 Å². The molecule has 0 spiro atoms. The van der Waals surface area contributed by atoms with E-state index in [4.69, 9.17) is 5.73 Å². The number of anilines is 1. The van der Waals surface area contributed by atoms with Gasteiger partial charge in [-0.15, -0.1) is 0 Å². The van der Waals surface area contributed by atoms with Crippen molar-refractivity contribution in [3.05, 3.63) is 41.8 Å². The van der Waals surface area contributed by atoms with Crippen molar-refractivity contribution in [1.82, 2.24) is 9.78 Å². The fourth-order valence-corrected chi connectivity index (χ4v) is 2.32. The Kier molecular flexibility index (Phi) is 3.08. The zero-order valence-corrected chi connectivity index (χ0v) is 10.5. The molecule has 2 N–H and O–H groups in total. The minimum atomic E-state index is -3.40. The van der Waals surface area contributed by atoms with E-state index in [0.717, 1.165) is 6.26 Å². The number of halogens is 1. The van der Waals surface area contributed by atoms with Gasteiger partial charge in [0.1, 0.15) is 16.5 Å². The molecule has 18 heavy (non-hydrogen) atoms. The number of sulfone groups is 1. The lowest BCUT2D eigenvalue weighted by Gasteiger charge is -2.05. The van der Waals surface area contributed by atoms with Crippen LogP contribution in [0.3, 0.4) is 0 Å². The van der Waals surface area contributed by atoms with E-state index in [1.165, 1.54) is 23.0 Å². The van der Waals surface area contributed by atoms with Gasteiger partial charge in [0.15, 0.2) is 9.84 Å². The lowest BCUT2D eigenvalue weighted by atomic mass is 10.2. The third-order valence-electron chi connectivity index (χ3n) is 2.47. The fourth-order valence-electron chi connectivity index (χ4n) is 1.60. The maximum Gasteiger partial charge on any atom is 0.180 e. The molecule has 0 fully saturated rings. The zero-order chi connectivity index (χ0) is 13.3. The van der Waals surface area contributed by atoms with Crippen molar-refractivity contribution in [3.63, 3.8) is 0 Å². The molecule has 1 aromatic carbocycles. The first kappa shape index (κ1) is 12.6. The van der Waals surface area contributed by atoms with E-state index in [9.17, 15) is 12.8 Å². The van der Waals surface area contributed by atoms with Gasteiger partial charge in [0.05, 0.1) is 12.7 Å². The standard InChI is InChI=1S/C11H12FN3O2S/c1-18(16,17)10-6-14-15(11(10)13)7-8-3-2-4-9(12)5-8/h2-6H,7,13H2,1H3. The summed E-state index contributed by atoms with van der Waals surface area (Å²) in [6.07, 6.45) is 2.26. The van der Waals surface area contributed by atoms with Crippen LogP contribution < -0.4 is 5.73 Å². The zero-order valence-electron chi connectivity index (χ0n) is 9.67. The number of aromatic nitrogens is 2. The molecule has 0 saturated heterocycles. The van der Waals surface area contributed by atoms with Gasteiger partial charge in [0.25, 0.3) is 0 Å². The molecule has 0 bridgehead atoms. The van der Waals surface area contributed by atoms with Crippen molar-refractivity contribution >= 4 is 15.7 Å². The number of nitrogens with two attached hydrogens (primary N) is 1. The summed E-state index contributed by atoms with van der Waals surface area (Å²) in [6, 6.07) is 5.96. The van der Waals surface area contributed by atoms with Gasteiger partial charge >= 0.3 is 0 Å². The average molecular weight is 269 g/mol. The molecule has 2 aromatic rings. The van der Waals surface area contributed by atoms with Gasteiger partial charge in [0, 0.05) is 6.26 Å². The van der Waals surface area contributed by atoms with E-state index < -0.39 is 9.84 Å². The van der Waals surface area contributed by atoms with Crippen molar-refractivity contribution in [3.8, 4) is 0 Å². The molecule has 0 aliphatic rings. The number of hydrogen-bond acceptors (Lipinski definition) is 4. The Morgan fingerprint density at radius 3 is 2.72 bits per heavy atom. The van der Waals surface area contributed by atoms with Gasteiger partial charge in [0.2, 0.25) is 0 Å². The maximum atomic E-state index is 13.0. The maximum absolute atomic E-state index is 13.0. The van der Waals surface area contributed by atoms with Crippen molar-refractivity contribution < 1.29 is 12.8 Å². The lowest BCUT2D eigenvalue weighted by molar-refractivity contribution is 0.602. The average Bonchev–Trinajstić information content (AvgIpc) is 2.60. The summed E-state index contributed by atoms with van der Waals surface area (Å²) in [5, 5.41) is 3.90. The molecule has 2 rings (SSSR count). The van der Waals surface area contributed by atoms with Crippen LogP contribution in [0.15, 0.2) is 35.4 Å². The van der Waals surface area contributed by atoms with E-state index >= 15 is 0 Å². The van der Waals surface area contributed by atoms with E-state index in [2.05, 4.69) is 5.10 Å². The number of hydrogen-bond donors (Lipinski definition) is 1. The van der Waals surface area contributed by atoms with E-state index in [-0.39, 0.29) is 23.1 Å². The molecule has 0 amide bonds. The van der Waals surface area contributed by atoms with Crippen LogP contribution in [0.25, 0.3) is 0 Å². The normalized spacial score (nSPS) is 11.7. The molecular formula is C11H12FN3O2S. The first-order valence-corrected chi connectivity index (χ1v) is 7.03. The van der Waals surface area contributed by atoms with Gasteiger partial charge in [-0.1, -0.05) is 12.1 Å². The Labute approximate surface area is 104 Å². The molecule has 1 aromatic heterocycles. The lowest BCUT2D eigenvalue weighted by Crippen LogP contribution is -2.08. The summed E-state index contributed by atoms with van der Waals surface area (Å²) in [4.78, 5) is -0.0149. The molecule has 0 radical (unpaired) electrons. The van der Waals surface area contributed by atoms with E-state index in [1.807, 2.05) is 0 Å². The van der Waals surface area contributed by atoms with Crippen molar-refractivity contribution in [2.75, 3.05) is 12.0 Å². The summed E-state index contributed by atoms with van der Waals surface area (Å²) in [6.45, 7) is 0.221. The van der Waals surface area contributed by atoms with Crippen molar-refractivity contribution in [2.24, 2.45) is 0 Å². The van der Waals surface area contributed by atoms with Crippen LogP contribution in [0.2, 0.25) is 0 Å². The van der Waals surface area contributed by atoms with Crippen LogP contribution in [-0.2, 0) is 16.4 Å². The number of nitrogen functional groups attached to an aromatic ring is 1. The minimum Gasteiger partial charge on any atom is -0.383 e. The molecule has 7 heteroatoms. The molecule has 0 saturated carbocycles. The smallest absolute Gasteiger partial charge is 0.180 e. The molecular weight excluding hydrogens is 257 g/mol. The quantitative estimate of drug-likeness (QED) is 0.903. The van der Waals surface area contributed by atoms with Crippen LogP contribution in [0, 0.1) is 5.82 Å². The topological polar surface area (TPSA) is 78.0 Å². The van der Waals surface area contributed by atoms with Crippen LogP contribution in [-0.4, -0.2) is 24.5 Å².